The van der Waals surface area contributed by atoms with Gasteiger partial charge < -0.3 is 4.74 Å². The molecular formula is C22H19ClFN3O3S. The molecule has 0 N–H and O–H groups in total. The minimum absolute atomic E-state index is 0.0473. The largest absolute Gasteiger partial charge is 0.494 e. The van der Waals surface area contributed by atoms with Crippen LogP contribution in [0.1, 0.15) is 18.9 Å². The van der Waals surface area contributed by atoms with Crippen molar-refractivity contribution in [2.45, 2.75) is 26.8 Å². The van der Waals surface area contributed by atoms with Crippen molar-refractivity contribution >= 4 is 33.2 Å². The van der Waals surface area contributed by atoms with E-state index in [0.717, 1.165) is 10.1 Å². The highest BCUT2D eigenvalue weighted by Gasteiger charge is 2.20. The topological polar surface area (TPSA) is 66.1 Å². The van der Waals surface area contributed by atoms with Crippen LogP contribution in [0.15, 0.2) is 46.2 Å². The van der Waals surface area contributed by atoms with Crippen molar-refractivity contribution < 1.29 is 9.13 Å². The molecule has 0 aliphatic rings. The number of benzene rings is 1. The van der Waals surface area contributed by atoms with Crippen LogP contribution in [0.3, 0.4) is 0 Å². The molecule has 0 fully saturated rings. The van der Waals surface area contributed by atoms with Gasteiger partial charge in [-0.05, 0) is 43.2 Å². The van der Waals surface area contributed by atoms with Crippen LogP contribution in [-0.4, -0.2) is 21.2 Å². The van der Waals surface area contributed by atoms with E-state index < -0.39 is 17.1 Å². The number of halogens is 2. The van der Waals surface area contributed by atoms with Crippen LogP contribution >= 0.6 is 22.9 Å². The first-order valence-electron chi connectivity index (χ1n) is 9.60. The molecule has 4 aromatic rings. The van der Waals surface area contributed by atoms with Gasteiger partial charge in [-0.3, -0.25) is 14.3 Å². The van der Waals surface area contributed by atoms with Gasteiger partial charge >= 0.3 is 5.69 Å². The smallest absolute Gasteiger partial charge is 0.336 e. The number of hydrogen-bond acceptors (Lipinski definition) is 5. The number of nitrogens with zero attached hydrogens (tertiary/aromatic N) is 3. The minimum Gasteiger partial charge on any atom is -0.494 e. The maximum atomic E-state index is 14.0. The lowest BCUT2D eigenvalue weighted by molar-refractivity contribution is 0.387. The summed E-state index contributed by atoms with van der Waals surface area (Å²) < 4.78 is 22.2. The third-order valence-corrected chi connectivity index (χ3v) is 6.35. The monoisotopic (exact) mass is 459 g/mol. The first kappa shape index (κ1) is 21.3. The molecule has 6 nitrogen and oxygen atoms in total. The SMILES string of the molecule is CCCn1c(=O)n(-c2cncc(C)c2)c(=O)c2sc(-c3cc(OC)c(F)cc3Cl)cc21. The molecule has 160 valence electrons. The summed E-state index contributed by atoms with van der Waals surface area (Å²) in [6.45, 7) is 4.24. The fourth-order valence-electron chi connectivity index (χ4n) is 3.48. The molecule has 4 rings (SSSR count). The molecule has 31 heavy (non-hydrogen) atoms. The Bertz CT molecular complexity index is 1420. The number of fused-ring (bicyclic) bond motifs is 1. The number of aryl methyl sites for hydroxylation is 2. The second kappa shape index (κ2) is 8.28. The van der Waals surface area contributed by atoms with Crippen molar-refractivity contribution in [2.75, 3.05) is 7.11 Å². The summed E-state index contributed by atoms with van der Waals surface area (Å²) in [5.41, 5.74) is 1.44. The molecule has 1 aromatic carbocycles. The van der Waals surface area contributed by atoms with E-state index in [1.807, 2.05) is 13.8 Å². The van der Waals surface area contributed by atoms with E-state index in [1.165, 1.54) is 36.8 Å². The Morgan fingerprint density at radius 1 is 1.19 bits per heavy atom. The van der Waals surface area contributed by atoms with Crippen LogP contribution in [0.4, 0.5) is 4.39 Å². The predicted molar refractivity (Wildman–Crippen MR) is 121 cm³/mol. The molecule has 0 unspecified atom stereocenters. The molecule has 0 aliphatic carbocycles. The standard InChI is InChI=1S/C22H19ClFN3O3S/c1-4-5-26-17-9-19(14-7-18(30-3)16(24)8-15(14)23)31-20(17)21(28)27(22(26)29)13-6-12(2)10-25-11-13/h6-11H,4-5H2,1-3H3. The second-order valence-corrected chi connectivity index (χ2v) is 8.55. The van der Waals surface area contributed by atoms with Crippen molar-refractivity contribution in [3.8, 4) is 21.9 Å². The van der Waals surface area contributed by atoms with E-state index in [9.17, 15) is 14.0 Å². The molecule has 0 bridgehead atoms. The maximum Gasteiger partial charge on any atom is 0.336 e. The number of aromatic nitrogens is 3. The van der Waals surface area contributed by atoms with Gasteiger partial charge in [-0.15, -0.1) is 11.3 Å². The van der Waals surface area contributed by atoms with Crippen LogP contribution in [0.25, 0.3) is 26.3 Å². The number of hydrogen-bond donors (Lipinski definition) is 0. The van der Waals surface area contributed by atoms with Gasteiger partial charge in [-0.2, -0.15) is 0 Å². The highest BCUT2D eigenvalue weighted by Crippen LogP contribution is 2.38. The van der Waals surface area contributed by atoms with Crippen LogP contribution in [0.2, 0.25) is 5.02 Å². The van der Waals surface area contributed by atoms with E-state index in [0.29, 0.717) is 39.3 Å². The first-order valence-corrected chi connectivity index (χ1v) is 10.8. The Hall–Kier alpha value is -2.97. The fraction of sp³-hybridized carbons (Fsp3) is 0.227. The summed E-state index contributed by atoms with van der Waals surface area (Å²) in [6, 6.07) is 6.16. The highest BCUT2D eigenvalue weighted by atomic mass is 35.5. The molecule has 0 saturated carbocycles. The minimum atomic E-state index is -0.574. The van der Waals surface area contributed by atoms with Gasteiger partial charge in [0.2, 0.25) is 0 Å². The molecule has 0 spiro atoms. The summed E-state index contributed by atoms with van der Waals surface area (Å²) >= 11 is 7.49. The quantitative estimate of drug-likeness (QED) is 0.430. The molecule has 9 heteroatoms. The molecule has 0 amide bonds. The van der Waals surface area contributed by atoms with E-state index in [1.54, 1.807) is 22.9 Å². The predicted octanol–water partition coefficient (Wildman–Crippen LogP) is 4.80. The lowest BCUT2D eigenvalue weighted by Gasteiger charge is -2.11. The Kier molecular flexibility index (Phi) is 5.68. The number of thiophene rings is 1. The van der Waals surface area contributed by atoms with Gasteiger partial charge in [0.25, 0.3) is 5.56 Å². The summed E-state index contributed by atoms with van der Waals surface area (Å²) in [6.07, 6.45) is 3.86. The van der Waals surface area contributed by atoms with Crippen molar-refractivity contribution in [3.63, 3.8) is 0 Å². The van der Waals surface area contributed by atoms with Crippen molar-refractivity contribution in [2.24, 2.45) is 0 Å². The van der Waals surface area contributed by atoms with E-state index in [2.05, 4.69) is 4.98 Å². The molecule has 3 aromatic heterocycles. The zero-order valence-corrected chi connectivity index (χ0v) is 18.7. The Morgan fingerprint density at radius 3 is 2.65 bits per heavy atom. The number of methoxy groups -OCH3 is 1. The highest BCUT2D eigenvalue weighted by molar-refractivity contribution is 7.22. The Labute approximate surface area is 186 Å². The van der Waals surface area contributed by atoms with Crippen molar-refractivity contribution in [3.05, 3.63) is 73.9 Å². The second-order valence-electron chi connectivity index (χ2n) is 7.09. The summed E-state index contributed by atoms with van der Waals surface area (Å²) in [4.78, 5) is 31.4. The van der Waals surface area contributed by atoms with Gasteiger partial charge in [0.1, 0.15) is 4.70 Å². The zero-order valence-electron chi connectivity index (χ0n) is 17.1. The van der Waals surface area contributed by atoms with Gasteiger partial charge in [0, 0.05) is 23.2 Å². The molecule has 0 aliphatic heterocycles. The van der Waals surface area contributed by atoms with Gasteiger partial charge in [0.05, 0.1) is 29.5 Å². The fourth-order valence-corrected chi connectivity index (χ4v) is 4.91. The zero-order chi connectivity index (χ0) is 22.3. The molecular weight excluding hydrogens is 441 g/mol. The third kappa shape index (κ3) is 3.66. The number of ether oxygens (including phenoxy) is 1. The first-order chi connectivity index (χ1) is 14.8. The van der Waals surface area contributed by atoms with Gasteiger partial charge in [-0.25, -0.2) is 13.8 Å². The average Bonchev–Trinajstić information content (AvgIpc) is 3.17. The molecule has 0 radical (unpaired) electrons. The van der Waals surface area contributed by atoms with Crippen molar-refractivity contribution in [1.29, 1.82) is 0 Å². The van der Waals surface area contributed by atoms with Crippen molar-refractivity contribution in [1.82, 2.24) is 14.1 Å². The van der Waals surface area contributed by atoms with E-state index in [-0.39, 0.29) is 10.8 Å². The number of pyridine rings is 1. The van der Waals surface area contributed by atoms with Gasteiger partial charge in [-0.1, -0.05) is 18.5 Å². The summed E-state index contributed by atoms with van der Waals surface area (Å²) in [7, 11) is 1.37. The Balaban J connectivity index is 2.05. The Morgan fingerprint density at radius 2 is 1.97 bits per heavy atom. The summed E-state index contributed by atoms with van der Waals surface area (Å²) in [5.74, 6) is -0.527. The third-order valence-electron chi connectivity index (χ3n) is 4.90. The van der Waals surface area contributed by atoms with Gasteiger partial charge in [0.15, 0.2) is 11.6 Å². The lowest BCUT2D eigenvalue weighted by atomic mass is 10.1. The maximum absolute atomic E-state index is 14.0. The molecule has 0 atom stereocenters. The normalized spacial score (nSPS) is 11.3. The van der Waals surface area contributed by atoms with E-state index >= 15 is 0 Å². The van der Waals surface area contributed by atoms with Crippen LogP contribution in [0, 0.1) is 12.7 Å². The van der Waals surface area contributed by atoms with Crippen LogP contribution in [-0.2, 0) is 6.54 Å². The molecule has 3 heterocycles. The van der Waals surface area contributed by atoms with Crippen LogP contribution < -0.4 is 16.0 Å². The average molecular weight is 460 g/mol. The molecule has 0 saturated heterocycles. The van der Waals surface area contributed by atoms with Crippen LogP contribution in [0.5, 0.6) is 5.75 Å². The number of rotatable bonds is 5. The summed E-state index contributed by atoms with van der Waals surface area (Å²) in [5, 5.41) is 0.192. The lowest BCUT2D eigenvalue weighted by Crippen LogP contribution is -2.38. The van der Waals surface area contributed by atoms with E-state index in [4.69, 9.17) is 16.3 Å².